The van der Waals surface area contributed by atoms with Crippen LogP contribution in [0, 0.1) is 0 Å². The molecule has 1 N–H and O–H groups in total. The molecular formula is C18H19NO4S. The van der Waals surface area contributed by atoms with Gasteiger partial charge in [-0.1, -0.05) is 18.2 Å². The zero-order chi connectivity index (χ0) is 17.2. The maximum atomic E-state index is 11.6. The van der Waals surface area contributed by atoms with E-state index in [1.807, 2.05) is 48.7 Å². The molecule has 0 radical (unpaired) electrons. The maximum absolute atomic E-state index is 11.6. The molecule has 0 atom stereocenters. The number of hydrogen-bond acceptors (Lipinski definition) is 5. The van der Waals surface area contributed by atoms with Crippen LogP contribution in [0.15, 0.2) is 47.9 Å². The van der Waals surface area contributed by atoms with E-state index in [0.717, 1.165) is 16.2 Å². The fourth-order valence-corrected chi connectivity index (χ4v) is 2.49. The molecule has 1 amide bonds. The summed E-state index contributed by atoms with van der Waals surface area (Å²) >= 11 is 1.56. The summed E-state index contributed by atoms with van der Waals surface area (Å²) in [5.74, 6) is -0.110. The monoisotopic (exact) mass is 345 g/mol. The molecule has 0 aliphatic rings. The molecule has 1 aromatic carbocycles. The highest BCUT2D eigenvalue weighted by Gasteiger charge is 2.05. The van der Waals surface area contributed by atoms with E-state index in [-0.39, 0.29) is 12.5 Å². The molecule has 0 spiro atoms. The molecule has 5 nitrogen and oxygen atoms in total. The van der Waals surface area contributed by atoms with E-state index in [1.165, 1.54) is 6.08 Å². The van der Waals surface area contributed by atoms with Gasteiger partial charge in [-0.15, -0.1) is 11.3 Å². The number of thiophene rings is 1. The van der Waals surface area contributed by atoms with Crippen molar-refractivity contribution in [2.75, 3.05) is 13.2 Å². The Labute approximate surface area is 144 Å². The summed E-state index contributed by atoms with van der Waals surface area (Å²) in [7, 11) is 0. The topological polar surface area (TPSA) is 64.6 Å². The SMILES string of the molecule is CCOc1ccc(/C=C/C(=O)OCC(=O)NCc2cccs2)cc1. The van der Waals surface area contributed by atoms with Crippen molar-refractivity contribution in [3.05, 3.63) is 58.3 Å². The van der Waals surface area contributed by atoms with Crippen LogP contribution in [0.25, 0.3) is 6.08 Å². The smallest absolute Gasteiger partial charge is 0.331 e. The second-order valence-electron chi connectivity index (χ2n) is 4.80. The van der Waals surface area contributed by atoms with Crippen molar-refractivity contribution in [2.45, 2.75) is 13.5 Å². The van der Waals surface area contributed by atoms with Gasteiger partial charge < -0.3 is 14.8 Å². The zero-order valence-electron chi connectivity index (χ0n) is 13.4. The minimum atomic E-state index is -0.560. The van der Waals surface area contributed by atoms with Gasteiger partial charge in [0.1, 0.15) is 5.75 Å². The minimum Gasteiger partial charge on any atom is -0.494 e. The summed E-state index contributed by atoms with van der Waals surface area (Å²) in [4.78, 5) is 24.3. The lowest BCUT2D eigenvalue weighted by molar-refractivity contribution is -0.143. The van der Waals surface area contributed by atoms with Gasteiger partial charge >= 0.3 is 5.97 Å². The number of ether oxygens (including phenoxy) is 2. The van der Waals surface area contributed by atoms with Crippen LogP contribution in [0.1, 0.15) is 17.4 Å². The van der Waals surface area contributed by atoms with Crippen molar-refractivity contribution < 1.29 is 19.1 Å². The van der Waals surface area contributed by atoms with Gasteiger partial charge in [0, 0.05) is 11.0 Å². The minimum absolute atomic E-state index is 0.294. The molecule has 1 heterocycles. The Hall–Kier alpha value is -2.60. The summed E-state index contributed by atoms with van der Waals surface area (Å²) in [6.07, 6.45) is 2.92. The third-order valence-corrected chi connectivity index (χ3v) is 3.86. The Morgan fingerprint density at radius 1 is 1.21 bits per heavy atom. The maximum Gasteiger partial charge on any atom is 0.331 e. The molecule has 0 aliphatic carbocycles. The van der Waals surface area contributed by atoms with E-state index in [1.54, 1.807) is 17.4 Å². The Morgan fingerprint density at radius 2 is 2.00 bits per heavy atom. The molecular weight excluding hydrogens is 326 g/mol. The second kappa shape index (κ2) is 9.52. The molecule has 0 saturated carbocycles. The normalized spacial score (nSPS) is 10.5. The summed E-state index contributed by atoms with van der Waals surface area (Å²) in [5.41, 5.74) is 0.845. The van der Waals surface area contributed by atoms with Crippen molar-refractivity contribution in [3.8, 4) is 5.75 Å². The van der Waals surface area contributed by atoms with Crippen LogP contribution in [0.4, 0.5) is 0 Å². The first-order valence-electron chi connectivity index (χ1n) is 7.54. The molecule has 24 heavy (non-hydrogen) atoms. The molecule has 0 aliphatic heterocycles. The first kappa shape index (κ1) is 17.7. The van der Waals surface area contributed by atoms with Gasteiger partial charge in [-0.3, -0.25) is 4.79 Å². The van der Waals surface area contributed by atoms with Gasteiger partial charge in [0.2, 0.25) is 0 Å². The van der Waals surface area contributed by atoms with Gasteiger partial charge in [-0.05, 0) is 42.1 Å². The Kier molecular flexibility index (Phi) is 7.04. The van der Waals surface area contributed by atoms with E-state index in [2.05, 4.69) is 5.32 Å². The number of carbonyl (C=O) groups is 2. The molecule has 2 aromatic rings. The number of esters is 1. The van der Waals surface area contributed by atoms with E-state index in [4.69, 9.17) is 9.47 Å². The highest BCUT2D eigenvalue weighted by atomic mass is 32.1. The van der Waals surface area contributed by atoms with Crippen LogP contribution >= 0.6 is 11.3 Å². The molecule has 0 unspecified atom stereocenters. The predicted octanol–water partition coefficient (Wildman–Crippen LogP) is 3.02. The largest absolute Gasteiger partial charge is 0.494 e. The molecule has 0 bridgehead atoms. The third-order valence-electron chi connectivity index (χ3n) is 2.99. The van der Waals surface area contributed by atoms with E-state index in [0.29, 0.717) is 13.2 Å². The number of amides is 1. The Balaban J connectivity index is 1.70. The van der Waals surface area contributed by atoms with Crippen molar-refractivity contribution in [1.82, 2.24) is 5.32 Å². The van der Waals surface area contributed by atoms with Crippen molar-refractivity contribution in [3.63, 3.8) is 0 Å². The first-order valence-corrected chi connectivity index (χ1v) is 8.42. The van der Waals surface area contributed by atoms with Crippen molar-refractivity contribution in [2.24, 2.45) is 0 Å². The van der Waals surface area contributed by atoms with E-state index >= 15 is 0 Å². The molecule has 2 rings (SSSR count). The van der Waals surface area contributed by atoms with E-state index in [9.17, 15) is 9.59 Å². The summed E-state index contributed by atoms with van der Waals surface area (Å²) in [6.45, 7) is 2.67. The van der Waals surface area contributed by atoms with Crippen LogP contribution in [-0.2, 0) is 20.9 Å². The van der Waals surface area contributed by atoms with Crippen LogP contribution in [-0.4, -0.2) is 25.1 Å². The number of carbonyl (C=O) groups excluding carboxylic acids is 2. The standard InChI is InChI=1S/C18H19NO4S/c1-2-22-15-8-5-14(6-9-15)7-10-18(21)23-13-17(20)19-12-16-4-3-11-24-16/h3-11H,2,12-13H2,1H3,(H,19,20)/b10-7+. The second-order valence-corrected chi connectivity index (χ2v) is 5.83. The summed E-state index contributed by atoms with van der Waals surface area (Å²) < 4.78 is 10.2. The lowest BCUT2D eigenvalue weighted by Crippen LogP contribution is -2.27. The van der Waals surface area contributed by atoms with Gasteiger partial charge in [0.25, 0.3) is 5.91 Å². The fraction of sp³-hybridized carbons (Fsp3) is 0.222. The van der Waals surface area contributed by atoms with Crippen molar-refractivity contribution >= 4 is 29.3 Å². The van der Waals surface area contributed by atoms with Gasteiger partial charge in [0.15, 0.2) is 6.61 Å². The average Bonchev–Trinajstić information content (AvgIpc) is 3.11. The number of benzene rings is 1. The lowest BCUT2D eigenvalue weighted by Gasteiger charge is -2.04. The van der Waals surface area contributed by atoms with Gasteiger partial charge in [-0.25, -0.2) is 4.79 Å². The van der Waals surface area contributed by atoms with Crippen LogP contribution in [0.5, 0.6) is 5.75 Å². The predicted molar refractivity (Wildman–Crippen MR) is 93.8 cm³/mol. The summed E-state index contributed by atoms with van der Waals surface area (Å²) in [5, 5.41) is 4.63. The first-order chi connectivity index (χ1) is 11.7. The molecule has 0 fully saturated rings. The highest BCUT2D eigenvalue weighted by molar-refractivity contribution is 7.09. The van der Waals surface area contributed by atoms with Gasteiger partial charge in [0.05, 0.1) is 13.2 Å². The Bertz CT molecular complexity index is 678. The summed E-state index contributed by atoms with van der Waals surface area (Å²) in [6, 6.07) is 11.2. The molecule has 126 valence electrons. The van der Waals surface area contributed by atoms with Crippen molar-refractivity contribution in [1.29, 1.82) is 0 Å². The van der Waals surface area contributed by atoms with E-state index < -0.39 is 5.97 Å². The number of rotatable bonds is 8. The number of nitrogens with one attached hydrogen (secondary N) is 1. The fourth-order valence-electron chi connectivity index (χ4n) is 1.84. The van der Waals surface area contributed by atoms with Crippen LogP contribution < -0.4 is 10.1 Å². The quantitative estimate of drug-likeness (QED) is 0.590. The Morgan fingerprint density at radius 3 is 2.67 bits per heavy atom. The third kappa shape index (κ3) is 6.26. The van der Waals surface area contributed by atoms with Gasteiger partial charge in [-0.2, -0.15) is 0 Å². The average molecular weight is 345 g/mol. The molecule has 6 heteroatoms. The highest BCUT2D eigenvalue weighted by Crippen LogP contribution is 2.13. The lowest BCUT2D eigenvalue weighted by atomic mass is 10.2. The van der Waals surface area contributed by atoms with Crippen LogP contribution in [0.3, 0.4) is 0 Å². The van der Waals surface area contributed by atoms with Crippen LogP contribution in [0.2, 0.25) is 0 Å². The molecule has 1 aromatic heterocycles. The number of hydrogen-bond donors (Lipinski definition) is 1. The molecule has 0 saturated heterocycles. The zero-order valence-corrected chi connectivity index (χ0v) is 14.2.